The summed E-state index contributed by atoms with van der Waals surface area (Å²) in [6.07, 6.45) is 9.35. The molecule has 0 amide bonds. The fourth-order valence-corrected chi connectivity index (χ4v) is 2.60. The summed E-state index contributed by atoms with van der Waals surface area (Å²) in [6.45, 7) is 4.31. The quantitative estimate of drug-likeness (QED) is 0.853. The first-order chi connectivity index (χ1) is 7.70. The highest BCUT2D eigenvalue weighted by molar-refractivity contribution is 5.08. The Labute approximate surface area is 97.5 Å². The Morgan fingerprint density at radius 2 is 2.38 bits per heavy atom. The highest BCUT2D eigenvalue weighted by Crippen LogP contribution is 2.32. The number of hydrogen-bond acceptors (Lipinski definition) is 2. The van der Waals surface area contributed by atoms with Gasteiger partial charge in [-0.2, -0.15) is 5.10 Å². The fourth-order valence-electron chi connectivity index (χ4n) is 2.60. The summed E-state index contributed by atoms with van der Waals surface area (Å²) in [5.74, 6) is 0.808. The number of aliphatic hydroxyl groups excluding tert-OH is 1. The van der Waals surface area contributed by atoms with Crippen molar-refractivity contribution in [3.63, 3.8) is 0 Å². The second kappa shape index (κ2) is 5.00. The van der Waals surface area contributed by atoms with E-state index in [1.165, 1.54) is 25.7 Å². The van der Waals surface area contributed by atoms with Crippen LogP contribution in [0.2, 0.25) is 0 Å². The van der Waals surface area contributed by atoms with E-state index in [1.807, 2.05) is 19.3 Å². The van der Waals surface area contributed by atoms with Crippen molar-refractivity contribution in [2.24, 2.45) is 5.92 Å². The first-order valence-corrected chi connectivity index (χ1v) is 6.42. The van der Waals surface area contributed by atoms with Crippen LogP contribution < -0.4 is 0 Å². The first kappa shape index (κ1) is 11.6. The van der Waals surface area contributed by atoms with Gasteiger partial charge in [-0.15, -0.1) is 0 Å². The molecule has 3 atom stereocenters. The zero-order valence-electron chi connectivity index (χ0n) is 10.3. The number of hydrogen-bond donors (Lipinski definition) is 1. The number of rotatable bonds is 3. The summed E-state index contributed by atoms with van der Waals surface area (Å²) in [5, 5.41) is 14.1. The molecule has 16 heavy (non-hydrogen) atoms. The molecule has 3 nitrogen and oxygen atoms in total. The molecule has 1 N–H and O–H groups in total. The first-order valence-electron chi connectivity index (χ1n) is 6.42. The van der Waals surface area contributed by atoms with E-state index in [2.05, 4.69) is 16.7 Å². The van der Waals surface area contributed by atoms with Gasteiger partial charge in [-0.05, 0) is 25.2 Å². The predicted octanol–water partition coefficient (Wildman–Crippen LogP) is 3.08. The Balaban J connectivity index is 2.06. The molecule has 90 valence electrons. The molecule has 1 heterocycles. The highest BCUT2D eigenvalue weighted by atomic mass is 16.3. The van der Waals surface area contributed by atoms with Crippen LogP contribution in [0.1, 0.15) is 63.7 Å². The van der Waals surface area contributed by atoms with Crippen LogP contribution in [-0.2, 0) is 0 Å². The largest absolute Gasteiger partial charge is 0.388 e. The van der Waals surface area contributed by atoms with Crippen LogP contribution >= 0.6 is 0 Å². The Morgan fingerprint density at radius 3 is 3.06 bits per heavy atom. The van der Waals surface area contributed by atoms with Crippen molar-refractivity contribution in [3.05, 3.63) is 18.0 Å². The maximum atomic E-state index is 9.74. The van der Waals surface area contributed by atoms with Crippen LogP contribution in [-0.4, -0.2) is 14.9 Å². The van der Waals surface area contributed by atoms with Gasteiger partial charge in [0, 0.05) is 11.8 Å². The molecule has 0 aliphatic heterocycles. The van der Waals surface area contributed by atoms with Crippen LogP contribution in [0, 0.1) is 5.92 Å². The summed E-state index contributed by atoms with van der Waals surface area (Å²) in [7, 11) is 0. The summed E-state index contributed by atoms with van der Waals surface area (Å²) in [6, 6.07) is 0.543. The van der Waals surface area contributed by atoms with Gasteiger partial charge in [-0.3, -0.25) is 4.68 Å². The molecule has 1 aliphatic rings. The Bertz CT molecular complexity index is 334. The van der Waals surface area contributed by atoms with Gasteiger partial charge in [0.25, 0.3) is 0 Å². The van der Waals surface area contributed by atoms with Crippen LogP contribution in [0.25, 0.3) is 0 Å². The average Bonchev–Trinajstić information content (AvgIpc) is 2.77. The lowest BCUT2D eigenvalue weighted by atomic mass is 9.87. The minimum Gasteiger partial charge on any atom is -0.388 e. The second-order valence-electron chi connectivity index (χ2n) is 5.10. The average molecular weight is 222 g/mol. The number of aromatic nitrogens is 2. The van der Waals surface area contributed by atoms with Gasteiger partial charge in [0.05, 0.1) is 18.3 Å². The third-order valence-corrected chi connectivity index (χ3v) is 3.68. The van der Waals surface area contributed by atoms with Crippen LogP contribution in [0.15, 0.2) is 12.4 Å². The van der Waals surface area contributed by atoms with Crippen LogP contribution in [0.4, 0.5) is 0 Å². The molecular formula is C13H22N2O. The second-order valence-corrected chi connectivity index (χ2v) is 5.10. The summed E-state index contributed by atoms with van der Waals surface area (Å²) < 4.78 is 2.06. The van der Waals surface area contributed by atoms with E-state index in [4.69, 9.17) is 0 Å². The van der Waals surface area contributed by atoms with E-state index in [1.54, 1.807) is 0 Å². The Kier molecular flexibility index (Phi) is 3.64. The predicted molar refractivity (Wildman–Crippen MR) is 64.1 cm³/mol. The minimum atomic E-state index is -0.352. The maximum Gasteiger partial charge on any atom is 0.0817 e. The Morgan fingerprint density at radius 1 is 1.56 bits per heavy atom. The van der Waals surface area contributed by atoms with Crippen molar-refractivity contribution in [2.45, 2.75) is 58.1 Å². The van der Waals surface area contributed by atoms with E-state index in [0.717, 1.165) is 17.9 Å². The SMILES string of the molecule is CCC(O)c1cnn(C2CCCC(C)C2)c1. The molecule has 2 rings (SSSR count). The molecule has 3 heteroatoms. The van der Waals surface area contributed by atoms with Gasteiger partial charge in [-0.25, -0.2) is 0 Å². The van der Waals surface area contributed by atoms with Crippen molar-refractivity contribution in [2.75, 3.05) is 0 Å². The van der Waals surface area contributed by atoms with Crippen molar-refractivity contribution in [3.8, 4) is 0 Å². The van der Waals surface area contributed by atoms with E-state index >= 15 is 0 Å². The molecule has 1 aromatic heterocycles. The van der Waals surface area contributed by atoms with Gasteiger partial charge in [0.15, 0.2) is 0 Å². The molecule has 1 aliphatic carbocycles. The van der Waals surface area contributed by atoms with Crippen LogP contribution in [0.3, 0.4) is 0 Å². The molecule has 1 aromatic rings. The zero-order chi connectivity index (χ0) is 11.5. The summed E-state index contributed by atoms with van der Waals surface area (Å²) in [4.78, 5) is 0. The van der Waals surface area contributed by atoms with E-state index in [0.29, 0.717) is 6.04 Å². The Hall–Kier alpha value is -0.830. The maximum absolute atomic E-state index is 9.74. The van der Waals surface area contributed by atoms with Gasteiger partial charge in [-0.1, -0.05) is 26.7 Å². The van der Waals surface area contributed by atoms with Crippen LogP contribution in [0.5, 0.6) is 0 Å². The van der Waals surface area contributed by atoms with Crippen molar-refractivity contribution in [1.82, 2.24) is 9.78 Å². The third kappa shape index (κ3) is 2.46. The van der Waals surface area contributed by atoms with Crippen molar-refractivity contribution >= 4 is 0 Å². The molecule has 0 spiro atoms. The number of aliphatic hydroxyl groups is 1. The normalized spacial score (nSPS) is 27.9. The zero-order valence-corrected chi connectivity index (χ0v) is 10.3. The standard InChI is InChI=1S/C13H22N2O/c1-3-13(16)11-8-14-15(9-11)12-6-4-5-10(2)7-12/h8-10,12-13,16H,3-7H2,1-2H3. The molecular weight excluding hydrogens is 200 g/mol. The lowest BCUT2D eigenvalue weighted by Crippen LogP contribution is -2.17. The highest BCUT2D eigenvalue weighted by Gasteiger charge is 2.21. The van der Waals surface area contributed by atoms with Gasteiger partial charge in [0.1, 0.15) is 0 Å². The van der Waals surface area contributed by atoms with Crippen molar-refractivity contribution < 1.29 is 5.11 Å². The van der Waals surface area contributed by atoms with E-state index in [-0.39, 0.29) is 6.10 Å². The molecule has 0 aromatic carbocycles. The lowest BCUT2D eigenvalue weighted by Gasteiger charge is -2.26. The fraction of sp³-hybridized carbons (Fsp3) is 0.769. The summed E-state index contributed by atoms with van der Waals surface area (Å²) in [5.41, 5.74) is 0.959. The molecule has 3 unspecified atom stereocenters. The van der Waals surface area contributed by atoms with Gasteiger partial charge in [0.2, 0.25) is 0 Å². The molecule has 0 bridgehead atoms. The smallest absolute Gasteiger partial charge is 0.0817 e. The molecule has 1 saturated carbocycles. The monoisotopic (exact) mass is 222 g/mol. The van der Waals surface area contributed by atoms with Crippen molar-refractivity contribution in [1.29, 1.82) is 0 Å². The van der Waals surface area contributed by atoms with E-state index < -0.39 is 0 Å². The third-order valence-electron chi connectivity index (χ3n) is 3.68. The molecule has 1 fully saturated rings. The lowest BCUT2D eigenvalue weighted by molar-refractivity contribution is 0.173. The topological polar surface area (TPSA) is 38.1 Å². The van der Waals surface area contributed by atoms with Gasteiger partial charge < -0.3 is 5.11 Å². The minimum absolute atomic E-state index is 0.352. The van der Waals surface area contributed by atoms with Gasteiger partial charge >= 0.3 is 0 Å². The summed E-state index contributed by atoms with van der Waals surface area (Å²) >= 11 is 0. The van der Waals surface area contributed by atoms with E-state index in [9.17, 15) is 5.11 Å². The number of nitrogens with zero attached hydrogens (tertiary/aromatic N) is 2. The molecule has 0 radical (unpaired) electrons. The molecule has 0 saturated heterocycles.